The number of rotatable bonds is 6. The summed E-state index contributed by atoms with van der Waals surface area (Å²) in [6, 6.07) is 1.14. The van der Waals surface area contributed by atoms with E-state index in [2.05, 4.69) is 4.98 Å². The minimum Gasteiger partial charge on any atom is -0.481 e. The Morgan fingerprint density at radius 1 is 1.56 bits per heavy atom. The number of aliphatic carboxylic acids is 1. The number of hydrogen-bond acceptors (Lipinski definition) is 4. The van der Waals surface area contributed by atoms with Gasteiger partial charge in [0, 0.05) is 11.9 Å². The van der Waals surface area contributed by atoms with Gasteiger partial charge in [0.1, 0.15) is 16.5 Å². The lowest BCUT2D eigenvalue weighted by Crippen LogP contribution is -2.09. The van der Waals surface area contributed by atoms with Crippen molar-refractivity contribution in [2.45, 2.75) is 25.7 Å². The van der Waals surface area contributed by atoms with Crippen LogP contribution < -0.4 is 0 Å². The van der Waals surface area contributed by atoms with Crippen LogP contribution in [0.4, 0.5) is 4.39 Å². The van der Waals surface area contributed by atoms with Crippen molar-refractivity contribution < 1.29 is 22.7 Å². The van der Waals surface area contributed by atoms with Crippen LogP contribution in [-0.4, -0.2) is 30.2 Å². The number of hydrogen-bond donors (Lipinski definition) is 2. The molecule has 0 aromatic carbocycles. The van der Waals surface area contributed by atoms with E-state index in [1.54, 1.807) is 0 Å². The monoisotopic (exact) mass is 275 g/mol. The van der Waals surface area contributed by atoms with E-state index in [-0.39, 0.29) is 17.9 Å². The molecule has 5 nitrogen and oxygen atoms in total. The van der Waals surface area contributed by atoms with Gasteiger partial charge in [0.2, 0.25) is 0 Å². The SMILES string of the molecule is CC(C(=O)O)c1cnc(CCC[SH](=O)=O)c(F)c1. The molecule has 1 aromatic rings. The lowest BCUT2D eigenvalue weighted by atomic mass is 10.0. The summed E-state index contributed by atoms with van der Waals surface area (Å²) in [5.41, 5.74) is 0.451. The number of carboxylic acid groups (broad SMARTS) is 1. The third kappa shape index (κ3) is 4.06. The summed E-state index contributed by atoms with van der Waals surface area (Å²) in [7, 11) is -2.46. The molecule has 0 aliphatic carbocycles. The summed E-state index contributed by atoms with van der Waals surface area (Å²) in [6.45, 7) is 1.44. The first-order valence-electron chi connectivity index (χ1n) is 5.40. The van der Waals surface area contributed by atoms with Gasteiger partial charge in [-0.25, -0.2) is 12.8 Å². The normalized spacial score (nSPS) is 12.6. The molecule has 100 valence electrons. The molecule has 1 rings (SSSR count). The van der Waals surface area contributed by atoms with Crippen molar-refractivity contribution in [2.75, 3.05) is 5.75 Å². The number of pyridine rings is 1. The van der Waals surface area contributed by atoms with Crippen LogP contribution in [0, 0.1) is 5.82 Å². The molecular formula is C11H14FNO4S. The van der Waals surface area contributed by atoms with E-state index >= 15 is 0 Å². The molecule has 0 saturated carbocycles. The summed E-state index contributed by atoms with van der Waals surface area (Å²) < 4.78 is 34.3. The maximum absolute atomic E-state index is 13.6. The van der Waals surface area contributed by atoms with E-state index in [0.717, 1.165) is 6.07 Å². The highest BCUT2D eigenvalue weighted by atomic mass is 32.2. The predicted molar refractivity (Wildman–Crippen MR) is 63.7 cm³/mol. The van der Waals surface area contributed by atoms with Crippen LogP contribution in [0.15, 0.2) is 12.3 Å². The zero-order valence-corrected chi connectivity index (χ0v) is 10.7. The van der Waals surface area contributed by atoms with E-state index in [1.165, 1.54) is 13.1 Å². The molecule has 0 bridgehead atoms. The number of halogens is 1. The average Bonchev–Trinajstić information content (AvgIpc) is 2.29. The third-order valence-corrected chi connectivity index (χ3v) is 3.24. The molecule has 1 heterocycles. The van der Waals surface area contributed by atoms with E-state index < -0.39 is 28.4 Å². The topological polar surface area (TPSA) is 84.3 Å². The Morgan fingerprint density at radius 3 is 2.72 bits per heavy atom. The van der Waals surface area contributed by atoms with Gasteiger partial charge >= 0.3 is 5.97 Å². The van der Waals surface area contributed by atoms with Gasteiger partial charge in [-0.05, 0) is 31.4 Å². The molecule has 18 heavy (non-hydrogen) atoms. The van der Waals surface area contributed by atoms with E-state index in [4.69, 9.17) is 5.11 Å². The lowest BCUT2D eigenvalue weighted by molar-refractivity contribution is -0.138. The second kappa shape index (κ2) is 6.44. The Labute approximate surface area is 106 Å². The minimum absolute atomic E-state index is 0.0102. The summed E-state index contributed by atoms with van der Waals surface area (Å²) in [6.07, 6.45) is 1.84. The second-order valence-electron chi connectivity index (χ2n) is 3.92. The smallest absolute Gasteiger partial charge is 0.310 e. The van der Waals surface area contributed by atoms with Crippen molar-refractivity contribution in [2.24, 2.45) is 0 Å². The van der Waals surface area contributed by atoms with Crippen molar-refractivity contribution in [1.82, 2.24) is 4.98 Å². The summed E-state index contributed by atoms with van der Waals surface area (Å²) in [4.78, 5) is 14.6. The fourth-order valence-electron chi connectivity index (χ4n) is 1.42. The van der Waals surface area contributed by atoms with E-state index in [9.17, 15) is 17.6 Å². The van der Waals surface area contributed by atoms with Gasteiger partial charge < -0.3 is 5.11 Å². The molecule has 0 saturated heterocycles. The van der Waals surface area contributed by atoms with Gasteiger partial charge in [0.25, 0.3) is 0 Å². The Morgan fingerprint density at radius 2 is 2.22 bits per heavy atom. The second-order valence-corrected chi connectivity index (χ2v) is 5.03. The first-order valence-corrected chi connectivity index (χ1v) is 6.77. The zero-order valence-electron chi connectivity index (χ0n) is 9.80. The summed E-state index contributed by atoms with van der Waals surface area (Å²) in [5.74, 6) is -2.48. The molecule has 0 spiro atoms. The molecule has 0 fully saturated rings. The first-order chi connectivity index (χ1) is 8.41. The first kappa shape index (κ1) is 14.6. The van der Waals surface area contributed by atoms with Crippen molar-refractivity contribution in [3.63, 3.8) is 0 Å². The third-order valence-electron chi connectivity index (χ3n) is 2.56. The minimum atomic E-state index is -2.46. The number of aryl methyl sites for hydroxylation is 1. The van der Waals surface area contributed by atoms with Gasteiger partial charge in [0.15, 0.2) is 0 Å². The van der Waals surface area contributed by atoms with Gasteiger partial charge in [-0.15, -0.1) is 0 Å². The van der Waals surface area contributed by atoms with Crippen LogP contribution in [0.2, 0.25) is 0 Å². The van der Waals surface area contributed by atoms with Gasteiger partial charge in [-0.2, -0.15) is 0 Å². The number of thiol groups is 1. The van der Waals surface area contributed by atoms with Crippen LogP contribution in [0.25, 0.3) is 0 Å². The molecule has 1 atom stereocenters. The molecule has 7 heteroatoms. The van der Waals surface area contributed by atoms with Crippen molar-refractivity contribution >= 4 is 16.7 Å². The largest absolute Gasteiger partial charge is 0.481 e. The van der Waals surface area contributed by atoms with Crippen LogP contribution >= 0.6 is 0 Å². The molecular weight excluding hydrogens is 261 g/mol. The molecule has 0 aliphatic heterocycles. The lowest BCUT2D eigenvalue weighted by Gasteiger charge is -2.08. The van der Waals surface area contributed by atoms with Gasteiger partial charge in [-0.3, -0.25) is 9.78 Å². The Kier molecular flexibility index (Phi) is 5.21. The van der Waals surface area contributed by atoms with Crippen LogP contribution in [0.1, 0.15) is 30.5 Å². The van der Waals surface area contributed by atoms with Crippen LogP contribution in [-0.2, 0) is 21.9 Å². The standard InChI is InChI=1S/C11H14FNO4S/c1-7(11(14)15)8-5-9(12)10(13-6-8)3-2-4-18(16)17/h5-7,18H,2-4H2,1H3,(H,14,15). The Bertz CT molecular complexity index is 508. The van der Waals surface area contributed by atoms with Crippen LogP contribution in [0.3, 0.4) is 0 Å². The quantitative estimate of drug-likeness (QED) is 0.755. The fraction of sp³-hybridized carbons (Fsp3) is 0.455. The fourth-order valence-corrected chi connectivity index (χ4v) is 1.84. The Hall–Kier alpha value is -1.50. The summed E-state index contributed by atoms with van der Waals surface area (Å²) in [5, 5.41) is 8.78. The molecule has 0 radical (unpaired) electrons. The highest BCUT2D eigenvalue weighted by molar-refractivity contribution is 7.72. The molecule has 0 aliphatic rings. The van der Waals surface area contributed by atoms with Gasteiger partial charge in [-0.1, -0.05) is 0 Å². The number of aromatic nitrogens is 1. The number of carboxylic acids is 1. The van der Waals surface area contributed by atoms with Crippen LogP contribution in [0.5, 0.6) is 0 Å². The Balaban J connectivity index is 2.76. The maximum Gasteiger partial charge on any atom is 0.310 e. The van der Waals surface area contributed by atoms with E-state index in [1.807, 2.05) is 0 Å². The molecule has 1 unspecified atom stereocenters. The van der Waals surface area contributed by atoms with E-state index in [0.29, 0.717) is 12.0 Å². The predicted octanol–water partition coefficient (Wildman–Crippen LogP) is 0.953. The zero-order chi connectivity index (χ0) is 13.7. The maximum atomic E-state index is 13.6. The van der Waals surface area contributed by atoms with Crippen molar-refractivity contribution in [3.8, 4) is 0 Å². The van der Waals surface area contributed by atoms with Gasteiger partial charge in [0.05, 0.1) is 11.6 Å². The molecule has 0 amide bonds. The highest BCUT2D eigenvalue weighted by Crippen LogP contribution is 2.17. The molecule has 1 aromatic heterocycles. The average molecular weight is 275 g/mol. The van der Waals surface area contributed by atoms with Crippen molar-refractivity contribution in [3.05, 3.63) is 29.3 Å². The highest BCUT2D eigenvalue weighted by Gasteiger charge is 2.16. The summed E-state index contributed by atoms with van der Waals surface area (Å²) >= 11 is 0. The molecule has 1 N–H and O–H groups in total. The number of nitrogens with zero attached hydrogens (tertiary/aromatic N) is 1. The van der Waals surface area contributed by atoms with Crippen molar-refractivity contribution in [1.29, 1.82) is 0 Å². The number of carbonyl (C=O) groups is 1.